The van der Waals surface area contributed by atoms with E-state index in [2.05, 4.69) is 37.8 Å². The molecule has 0 aliphatic carbocycles. The average Bonchev–Trinajstić information content (AvgIpc) is 2.89. The molecule has 21 heavy (non-hydrogen) atoms. The lowest BCUT2D eigenvalue weighted by atomic mass is 9.84. The third-order valence-corrected chi connectivity index (χ3v) is 7.55. The van der Waals surface area contributed by atoms with Crippen LogP contribution < -0.4 is 5.73 Å². The fourth-order valence-corrected chi connectivity index (χ4v) is 5.21. The summed E-state index contributed by atoms with van der Waals surface area (Å²) in [6.07, 6.45) is 2.90. The zero-order valence-corrected chi connectivity index (χ0v) is 15.1. The lowest BCUT2D eigenvalue weighted by Crippen LogP contribution is -2.22. The van der Waals surface area contributed by atoms with Gasteiger partial charge in [-0.3, -0.25) is 0 Å². The number of hydrogen-bond acceptors (Lipinski definition) is 6. The Hall–Kier alpha value is -0.200. The highest BCUT2D eigenvalue weighted by molar-refractivity contribution is 8.07. The van der Waals surface area contributed by atoms with E-state index in [-0.39, 0.29) is 5.41 Å². The van der Waals surface area contributed by atoms with Gasteiger partial charge in [-0.2, -0.15) is 16.7 Å². The summed E-state index contributed by atoms with van der Waals surface area (Å²) in [5.74, 6) is 2.72. The smallest absolute Gasteiger partial charge is 0.226 e. The second kappa shape index (κ2) is 7.38. The monoisotopic (exact) mass is 329 g/mol. The van der Waals surface area contributed by atoms with E-state index in [0.29, 0.717) is 15.7 Å². The SMILES string of the molecule is CC1SCC(c2noc(CCC(C)(C)CCN)n2)SC1C. The van der Waals surface area contributed by atoms with Gasteiger partial charge in [0.2, 0.25) is 5.89 Å². The third-order valence-electron chi connectivity index (χ3n) is 4.16. The molecule has 1 aliphatic rings. The fourth-order valence-electron chi connectivity index (χ4n) is 2.38. The van der Waals surface area contributed by atoms with Gasteiger partial charge in [-0.1, -0.05) is 32.9 Å². The highest BCUT2D eigenvalue weighted by Crippen LogP contribution is 2.43. The van der Waals surface area contributed by atoms with Gasteiger partial charge in [0.25, 0.3) is 0 Å². The minimum absolute atomic E-state index is 0.239. The Labute approximate surface area is 136 Å². The average molecular weight is 330 g/mol. The summed E-state index contributed by atoms with van der Waals surface area (Å²) in [5.41, 5.74) is 5.89. The van der Waals surface area contributed by atoms with E-state index < -0.39 is 0 Å². The summed E-state index contributed by atoms with van der Waals surface area (Å²) in [7, 11) is 0. The Morgan fingerprint density at radius 2 is 2.05 bits per heavy atom. The van der Waals surface area contributed by atoms with Gasteiger partial charge >= 0.3 is 0 Å². The molecule has 6 heteroatoms. The Kier molecular flexibility index (Phi) is 6.03. The summed E-state index contributed by atoms with van der Waals surface area (Å²) < 4.78 is 5.44. The van der Waals surface area contributed by atoms with Crippen molar-refractivity contribution in [1.82, 2.24) is 10.1 Å². The van der Waals surface area contributed by atoms with Crippen molar-refractivity contribution in [2.45, 2.75) is 62.7 Å². The molecule has 0 bridgehead atoms. The van der Waals surface area contributed by atoms with Crippen LogP contribution in [-0.4, -0.2) is 32.9 Å². The largest absolute Gasteiger partial charge is 0.339 e. The van der Waals surface area contributed by atoms with E-state index >= 15 is 0 Å². The van der Waals surface area contributed by atoms with Crippen LogP contribution in [0.5, 0.6) is 0 Å². The van der Waals surface area contributed by atoms with Crippen LogP contribution in [0.4, 0.5) is 0 Å². The van der Waals surface area contributed by atoms with Gasteiger partial charge in [-0.15, -0.1) is 11.8 Å². The number of nitrogens with two attached hydrogens (primary N) is 1. The molecule has 0 amide bonds. The number of nitrogens with zero attached hydrogens (tertiary/aromatic N) is 2. The molecule has 3 unspecified atom stereocenters. The van der Waals surface area contributed by atoms with Gasteiger partial charge in [0.05, 0.1) is 5.25 Å². The van der Waals surface area contributed by atoms with Gasteiger partial charge in [0, 0.05) is 22.7 Å². The van der Waals surface area contributed by atoms with E-state index in [1.807, 2.05) is 23.5 Å². The molecule has 0 aromatic carbocycles. The molecule has 1 aliphatic heterocycles. The first-order chi connectivity index (χ1) is 9.91. The van der Waals surface area contributed by atoms with Crippen molar-refractivity contribution in [2.75, 3.05) is 12.3 Å². The molecule has 0 spiro atoms. The molecule has 0 saturated carbocycles. The predicted octanol–water partition coefficient (Wildman–Crippen LogP) is 3.68. The first-order valence-corrected chi connectivity index (χ1v) is 9.70. The van der Waals surface area contributed by atoms with Crippen molar-refractivity contribution in [3.8, 4) is 0 Å². The first-order valence-electron chi connectivity index (χ1n) is 7.71. The second-order valence-electron chi connectivity index (χ2n) is 6.62. The molecule has 2 N–H and O–H groups in total. The molecule has 1 aromatic rings. The summed E-state index contributed by atoms with van der Waals surface area (Å²) in [6, 6.07) is 0. The fraction of sp³-hybridized carbons (Fsp3) is 0.867. The maximum atomic E-state index is 5.65. The lowest BCUT2D eigenvalue weighted by Gasteiger charge is -2.29. The molecule has 4 nitrogen and oxygen atoms in total. The molecular weight excluding hydrogens is 302 g/mol. The first kappa shape index (κ1) is 17.2. The van der Waals surface area contributed by atoms with Gasteiger partial charge in [-0.25, -0.2) is 0 Å². The minimum Gasteiger partial charge on any atom is -0.339 e. The standard InChI is InChI=1S/C15H27N3OS2/c1-10-11(2)21-12(9-20-10)14-17-13(19-18-14)5-6-15(3,4)7-8-16/h10-12H,5-9,16H2,1-4H3. The normalized spacial score (nSPS) is 27.0. The van der Waals surface area contributed by atoms with Crippen molar-refractivity contribution in [2.24, 2.45) is 11.1 Å². The molecule has 120 valence electrons. The van der Waals surface area contributed by atoms with Crippen LogP contribution in [0.25, 0.3) is 0 Å². The summed E-state index contributed by atoms with van der Waals surface area (Å²) in [4.78, 5) is 4.61. The van der Waals surface area contributed by atoms with Crippen molar-refractivity contribution in [3.63, 3.8) is 0 Å². The van der Waals surface area contributed by atoms with E-state index in [9.17, 15) is 0 Å². The van der Waals surface area contributed by atoms with Crippen molar-refractivity contribution < 1.29 is 4.52 Å². The Morgan fingerprint density at radius 3 is 2.71 bits per heavy atom. The molecule has 1 fully saturated rings. The zero-order valence-electron chi connectivity index (χ0n) is 13.5. The van der Waals surface area contributed by atoms with E-state index in [0.717, 1.165) is 43.3 Å². The van der Waals surface area contributed by atoms with E-state index in [1.165, 1.54) is 0 Å². The van der Waals surface area contributed by atoms with Crippen LogP contribution in [0.1, 0.15) is 57.5 Å². The Balaban J connectivity index is 1.90. The maximum Gasteiger partial charge on any atom is 0.226 e. The topological polar surface area (TPSA) is 64.9 Å². The predicted molar refractivity (Wildman–Crippen MR) is 91.8 cm³/mol. The highest BCUT2D eigenvalue weighted by Gasteiger charge is 2.30. The van der Waals surface area contributed by atoms with Crippen LogP contribution in [0.15, 0.2) is 4.52 Å². The number of hydrogen-bond donors (Lipinski definition) is 1. The minimum atomic E-state index is 0.239. The summed E-state index contributed by atoms with van der Waals surface area (Å²) in [6.45, 7) is 9.79. The molecule has 1 aromatic heterocycles. The van der Waals surface area contributed by atoms with E-state index in [1.54, 1.807) is 0 Å². The van der Waals surface area contributed by atoms with Crippen LogP contribution in [0, 0.1) is 5.41 Å². The number of rotatable bonds is 6. The van der Waals surface area contributed by atoms with Gasteiger partial charge < -0.3 is 10.3 Å². The van der Waals surface area contributed by atoms with Crippen LogP contribution in [-0.2, 0) is 6.42 Å². The molecule has 2 rings (SSSR count). The second-order valence-corrected chi connectivity index (χ2v) is 9.61. The van der Waals surface area contributed by atoms with Crippen molar-refractivity contribution in [3.05, 3.63) is 11.7 Å². The molecule has 2 heterocycles. The lowest BCUT2D eigenvalue weighted by molar-refractivity contribution is 0.289. The highest BCUT2D eigenvalue weighted by atomic mass is 32.2. The molecule has 3 atom stereocenters. The quantitative estimate of drug-likeness (QED) is 0.859. The summed E-state index contributed by atoms with van der Waals surface area (Å²) >= 11 is 3.98. The van der Waals surface area contributed by atoms with Crippen LogP contribution in [0.2, 0.25) is 0 Å². The van der Waals surface area contributed by atoms with Crippen LogP contribution >= 0.6 is 23.5 Å². The molecule has 1 saturated heterocycles. The van der Waals surface area contributed by atoms with Crippen LogP contribution in [0.3, 0.4) is 0 Å². The van der Waals surface area contributed by atoms with Gasteiger partial charge in [0.1, 0.15) is 0 Å². The Morgan fingerprint density at radius 1 is 1.29 bits per heavy atom. The Bertz CT molecular complexity index is 450. The van der Waals surface area contributed by atoms with Crippen molar-refractivity contribution >= 4 is 23.5 Å². The maximum absolute atomic E-state index is 5.65. The number of aryl methyl sites for hydroxylation is 1. The third kappa shape index (κ3) is 4.89. The molecule has 0 radical (unpaired) electrons. The molecular formula is C15H27N3OS2. The van der Waals surface area contributed by atoms with Gasteiger partial charge in [0.15, 0.2) is 5.82 Å². The number of aromatic nitrogens is 2. The van der Waals surface area contributed by atoms with E-state index in [4.69, 9.17) is 10.3 Å². The summed E-state index contributed by atoms with van der Waals surface area (Å²) in [5, 5.41) is 5.91. The van der Waals surface area contributed by atoms with Gasteiger partial charge in [-0.05, 0) is 24.8 Å². The zero-order chi connectivity index (χ0) is 15.5. The number of thioether (sulfide) groups is 2. The van der Waals surface area contributed by atoms with Crippen molar-refractivity contribution in [1.29, 1.82) is 0 Å².